The van der Waals surface area contributed by atoms with E-state index in [1.807, 2.05) is 45.0 Å². The fourth-order valence-corrected chi connectivity index (χ4v) is 3.13. The molecule has 0 aliphatic carbocycles. The van der Waals surface area contributed by atoms with Gasteiger partial charge in [-0.3, -0.25) is 4.79 Å². The molecule has 0 atom stereocenters. The zero-order valence-electron chi connectivity index (χ0n) is 15.7. The van der Waals surface area contributed by atoms with Gasteiger partial charge in [-0.1, -0.05) is 12.1 Å². The Hall–Kier alpha value is -2.78. The van der Waals surface area contributed by atoms with E-state index < -0.39 is 5.91 Å². The van der Waals surface area contributed by atoms with E-state index in [0.717, 1.165) is 11.1 Å². The van der Waals surface area contributed by atoms with Crippen molar-refractivity contribution in [1.82, 2.24) is 0 Å². The number of nitrogens with one attached hydrogen (secondary N) is 1. The summed E-state index contributed by atoms with van der Waals surface area (Å²) < 4.78 is 11.6. The lowest BCUT2D eigenvalue weighted by Crippen LogP contribution is -2.14. The molecule has 0 saturated heterocycles. The molecule has 0 bridgehead atoms. The Bertz CT molecular complexity index is 930. The van der Waals surface area contributed by atoms with E-state index in [-0.39, 0.29) is 5.57 Å². The van der Waals surface area contributed by atoms with Crippen molar-refractivity contribution < 1.29 is 14.3 Å². The number of nitriles is 1. The fraction of sp³-hybridized carbons (Fsp3) is 0.238. The van der Waals surface area contributed by atoms with Crippen LogP contribution in [-0.2, 0) is 4.79 Å². The summed E-state index contributed by atoms with van der Waals surface area (Å²) in [6.45, 7) is 6.18. The number of halogens is 1. The van der Waals surface area contributed by atoms with E-state index >= 15 is 0 Å². The van der Waals surface area contributed by atoms with Gasteiger partial charge in [-0.25, -0.2) is 0 Å². The van der Waals surface area contributed by atoms with Crippen molar-refractivity contribution in [3.05, 3.63) is 57.1 Å². The lowest BCUT2D eigenvalue weighted by Gasteiger charge is -2.12. The van der Waals surface area contributed by atoms with Gasteiger partial charge in [-0.15, -0.1) is 0 Å². The molecule has 0 radical (unpaired) electrons. The van der Waals surface area contributed by atoms with Gasteiger partial charge >= 0.3 is 0 Å². The number of benzene rings is 2. The molecule has 0 aromatic heterocycles. The summed E-state index contributed by atoms with van der Waals surface area (Å²) in [4.78, 5) is 12.6. The Balaban J connectivity index is 2.36. The van der Waals surface area contributed by atoms with Crippen LogP contribution in [0.1, 0.15) is 23.6 Å². The highest BCUT2D eigenvalue weighted by Crippen LogP contribution is 2.37. The van der Waals surface area contributed by atoms with Gasteiger partial charge < -0.3 is 14.8 Å². The molecule has 140 valence electrons. The summed E-state index contributed by atoms with van der Waals surface area (Å²) in [5, 5.41) is 12.3. The lowest BCUT2D eigenvalue weighted by molar-refractivity contribution is -0.112. The third kappa shape index (κ3) is 5.11. The Labute approximate surface area is 167 Å². The van der Waals surface area contributed by atoms with Gasteiger partial charge in [-0.2, -0.15) is 5.26 Å². The molecule has 0 saturated carbocycles. The first-order chi connectivity index (χ1) is 12.9. The monoisotopic (exact) mass is 428 g/mol. The summed E-state index contributed by atoms with van der Waals surface area (Å²) >= 11 is 3.43. The summed E-state index contributed by atoms with van der Waals surface area (Å²) in [6, 6.07) is 11.2. The van der Waals surface area contributed by atoms with Crippen LogP contribution in [0.25, 0.3) is 6.08 Å². The third-order valence-electron chi connectivity index (χ3n) is 3.85. The molecule has 0 unspecified atom stereocenters. The molecule has 1 amide bonds. The van der Waals surface area contributed by atoms with E-state index in [1.54, 1.807) is 19.2 Å². The SMILES string of the molecule is CCOc1cc(/C=C(/C#N)C(=O)Nc2cc(C)ccc2C)cc(Br)c1OC. The number of aryl methyl sites for hydroxylation is 2. The quantitative estimate of drug-likeness (QED) is 0.517. The maximum atomic E-state index is 12.6. The minimum atomic E-state index is -0.462. The Morgan fingerprint density at radius 2 is 2.04 bits per heavy atom. The number of hydrogen-bond donors (Lipinski definition) is 1. The van der Waals surface area contributed by atoms with Crippen LogP contribution in [0.2, 0.25) is 0 Å². The van der Waals surface area contributed by atoms with Gasteiger partial charge in [-0.05, 0) is 77.7 Å². The van der Waals surface area contributed by atoms with Crippen molar-refractivity contribution in [1.29, 1.82) is 5.26 Å². The number of rotatable bonds is 6. The number of amides is 1. The number of nitrogens with zero attached hydrogens (tertiary/aromatic N) is 1. The van der Waals surface area contributed by atoms with Gasteiger partial charge in [0.2, 0.25) is 0 Å². The van der Waals surface area contributed by atoms with E-state index in [9.17, 15) is 10.1 Å². The van der Waals surface area contributed by atoms with Crippen molar-refractivity contribution in [3.8, 4) is 17.6 Å². The van der Waals surface area contributed by atoms with Crippen LogP contribution in [-0.4, -0.2) is 19.6 Å². The molecule has 2 aromatic rings. The largest absolute Gasteiger partial charge is 0.492 e. The second-order valence-corrected chi connectivity index (χ2v) is 6.76. The maximum absolute atomic E-state index is 12.6. The number of anilines is 1. The van der Waals surface area contributed by atoms with Crippen molar-refractivity contribution >= 4 is 33.6 Å². The number of hydrogen-bond acceptors (Lipinski definition) is 4. The predicted octanol–water partition coefficient (Wildman–Crippen LogP) is 5.02. The van der Waals surface area contributed by atoms with Gasteiger partial charge in [0, 0.05) is 5.69 Å². The van der Waals surface area contributed by atoms with Gasteiger partial charge in [0.25, 0.3) is 5.91 Å². The number of carbonyl (C=O) groups excluding carboxylic acids is 1. The average Bonchev–Trinajstić information content (AvgIpc) is 2.62. The summed E-state index contributed by atoms with van der Waals surface area (Å²) in [5.74, 6) is 0.635. The highest BCUT2D eigenvalue weighted by Gasteiger charge is 2.14. The lowest BCUT2D eigenvalue weighted by atomic mass is 10.1. The van der Waals surface area contributed by atoms with Crippen LogP contribution < -0.4 is 14.8 Å². The zero-order chi connectivity index (χ0) is 20.0. The van der Waals surface area contributed by atoms with Crippen LogP contribution in [0.5, 0.6) is 11.5 Å². The number of carbonyl (C=O) groups is 1. The molecule has 2 rings (SSSR count). The van der Waals surface area contributed by atoms with Crippen LogP contribution in [0.3, 0.4) is 0 Å². The average molecular weight is 429 g/mol. The van der Waals surface area contributed by atoms with Crippen LogP contribution >= 0.6 is 15.9 Å². The summed E-state index contributed by atoms with van der Waals surface area (Å²) in [6.07, 6.45) is 1.52. The van der Waals surface area contributed by atoms with E-state index in [0.29, 0.717) is 33.8 Å². The van der Waals surface area contributed by atoms with E-state index in [1.165, 1.54) is 6.08 Å². The topological polar surface area (TPSA) is 71.3 Å². The Kier molecular flexibility index (Phi) is 7.03. The standard InChI is InChI=1S/C21H21BrN2O3/c1-5-27-19-11-15(10-17(22)20(19)26-4)9-16(12-23)21(25)24-18-8-13(2)6-7-14(18)3/h6-11H,5H2,1-4H3,(H,24,25)/b16-9-. The molecule has 1 N–H and O–H groups in total. The summed E-state index contributed by atoms with van der Waals surface area (Å²) in [5.41, 5.74) is 3.29. The Morgan fingerprint density at radius 3 is 2.67 bits per heavy atom. The minimum Gasteiger partial charge on any atom is -0.492 e. The highest BCUT2D eigenvalue weighted by atomic mass is 79.9. The highest BCUT2D eigenvalue weighted by molar-refractivity contribution is 9.10. The second-order valence-electron chi connectivity index (χ2n) is 5.91. The number of ether oxygens (including phenoxy) is 2. The predicted molar refractivity (Wildman–Crippen MR) is 110 cm³/mol. The molecule has 0 aliphatic heterocycles. The molecule has 27 heavy (non-hydrogen) atoms. The van der Waals surface area contributed by atoms with Crippen LogP contribution in [0.4, 0.5) is 5.69 Å². The molecule has 0 spiro atoms. The molecular weight excluding hydrogens is 408 g/mol. The Morgan fingerprint density at radius 1 is 1.30 bits per heavy atom. The van der Waals surface area contributed by atoms with E-state index in [2.05, 4.69) is 21.2 Å². The minimum absolute atomic E-state index is 0.00424. The maximum Gasteiger partial charge on any atom is 0.266 e. The van der Waals surface area contributed by atoms with Gasteiger partial charge in [0.15, 0.2) is 11.5 Å². The van der Waals surface area contributed by atoms with E-state index in [4.69, 9.17) is 9.47 Å². The van der Waals surface area contributed by atoms with Crippen molar-refractivity contribution in [2.75, 3.05) is 19.0 Å². The molecule has 5 nitrogen and oxygen atoms in total. The van der Waals surface area contributed by atoms with Gasteiger partial charge in [0.05, 0.1) is 18.2 Å². The normalized spacial score (nSPS) is 10.9. The number of methoxy groups -OCH3 is 1. The van der Waals surface area contributed by atoms with Crippen molar-refractivity contribution in [2.45, 2.75) is 20.8 Å². The fourth-order valence-electron chi connectivity index (χ4n) is 2.51. The first kappa shape index (κ1) is 20.5. The smallest absolute Gasteiger partial charge is 0.266 e. The molecular formula is C21H21BrN2O3. The third-order valence-corrected chi connectivity index (χ3v) is 4.44. The second kappa shape index (κ2) is 9.24. The van der Waals surface area contributed by atoms with Crippen LogP contribution in [0.15, 0.2) is 40.4 Å². The van der Waals surface area contributed by atoms with Crippen molar-refractivity contribution in [2.24, 2.45) is 0 Å². The molecule has 0 heterocycles. The van der Waals surface area contributed by atoms with Gasteiger partial charge in [0.1, 0.15) is 11.6 Å². The molecule has 0 aliphatic rings. The molecule has 0 fully saturated rings. The molecule has 2 aromatic carbocycles. The molecule has 6 heteroatoms. The first-order valence-electron chi connectivity index (χ1n) is 8.40. The van der Waals surface area contributed by atoms with Crippen LogP contribution in [0, 0.1) is 25.2 Å². The summed E-state index contributed by atoms with van der Waals surface area (Å²) in [7, 11) is 1.55. The first-order valence-corrected chi connectivity index (χ1v) is 9.19. The zero-order valence-corrected chi connectivity index (χ0v) is 17.3. The van der Waals surface area contributed by atoms with Crippen molar-refractivity contribution in [3.63, 3.8) is 0 Å².